The van der Waals surface area contributed by atoms with Gasteiger partial charge in [-0.3, -0.25) is 0 Å². The highest BCUT2D eigenvalue weighted by Gasteiger charge is 2.48. The highest BCUT2D eigenvalue weighted by molar-refractivity contribution is 7.91. The van der Waals surface area contributed by atoms with Crippen molar-refractivity contribution in [3.05, 3.63) is 35.1 Å². The predicted octanol–water partition coefficient (Wildman–Crippen LogP) is 1.92. The Bertz CT molecular complexity index is 568. The zero-order chi connectivity index (χ0) is 13.6. The van der Waals surface area contributed by atoms with Gasteiger partial charge in [-0.05, 0) is 43.4 Å². The lowest BCUT2D eigenvalue weighted by Gasteiger charge is -2.29. The lowest BCUT2D eigenvalue weighted by atomic mass is 9.91. The van der Waals surface area contributed by atoms with Crippen LogP contribution in [-0.2, 0) is 15.4 Å². The molecule has 3 nitrogen and oxygen atoms in total. The molecule has 1 N–H and O–H groups in total. The minimum atomic E-state index is -3.35. The molecule has 1 fully saturated rings. The number of aliphatic hydroxyl groups is 1. The maximum Gasteiger partial charge on any atom is 0.153 e. The second kappa shape index (κ2) is 4.31. The molecule has 2 atom stereocenters. The summed E-state index contributed by atoms with van der Waals surface area (Å²) < 4.78 is 37.0. The summed E-state index contributed by atoms with van der Waals surface area (Å²) in [7, 11) is -3.35. The van der Waals surface area contributed by atoms with E-state index in [0.717, 1.165) is 6.26 Å². The summed E-state index contributed by atoms with van der Waals surface area (Å²) >= 11 is 0. The molecule has 100 valence electrons. The fourth-order valence-corrected chi connectivity index (χ4v) is 4.27. The van der Waals surface area contributed by atoms with E-state index in [9.17, 15) is 17.9 Å². The van der Waals surface area contributed by atoms with E-state index < -0.39 is 26.5 Å². The SMILES string of the molecule is Cc1ccc(C2(O)CCCC2S(C)(=O)=O)cc1F. The van der Waals surface area contributed by atoms with E-state index in [4.69, 9.17) is 0 Å². The van der Waals surface area contributed by atoms with E-state index in [-0.39, 0.29) is 0 Å². The van der Waals surface area contributed by atoms with Gasteiger partial charge in [0.1, 0.15) is 11.4 Å². The van der Waals surface area contributed by atoms with Crippen LogP contribution in [0.25, 0.3) is 0 Å². The molecule has 1 aliphatic rings. The van der Waals surface area contributed by atoms with Crippen LogP contribution in [-0.4, -0.2) is 25.0 Å². The fraction of sp³-hybridized carbons (Fsp3) is 0.538. The Morgan fingerprint density at radius 2 is 2.11 bits per heavy atom. The molecule has 2 unspecified atom stereocenters. The smallest absolute Gasteiger partial charge is 0.153 e. The number of hydrogen-bond donors (Lipinski definition) is 1. The molecule has 0 radical (unpaired) electrons. The predicted molar refractivity (Wildman–Crippen MR) is 67.5 cm³/mol. The molecule has 1 aliphatic carbocycles. The van der Waals surface area contributed by atoms with Crippen LogP contribution in [0.2, 0.25) is 0 Å². The molecule has 0 aromatic heterocycles. The Morgan fingerprint density at radius 3 is 2.67 bits per heavy atom. The average molecular weight is 272 g/mol. The third-order valence-electron chi connectivity index (χ3n) is 3.75. The van der Waals surface area contributed by atoms with Gasteiger partial charge in [-0.15, -0.1) is 0 Å². The van der Waals surface area contributed by atoms with Crippen LogP contribution >= 0.6 is 0 Å². The van der Waals surface area contributed by atoms with Crippen molar-refractivity contribution in [3.8, 4) is 0 Å². The highest BCUT2D eigenvalue weighted by Crippen LogP contribution is 2.42. The van der Waals surface area contributed by atoms with Crippen LogP contribution in [0.3, 0.4) is 0 Å². The number of benzene rings is 1. The van der Waals surface area contributed by atoms with Gasteiger partial charge < -0.3 is 5.11 Å². The maximum atomic E-state index is 13.6. The molecule has 0 amide bonds. The third kappa shape index (κ3) is 2.17. The van der Waals surface area contributed by atoms with Crippen molar-refractivity contribution in [2.24, 2.45) is 0 Å². The summed E-state index contributed by atoms with van der Waals surface area (Å²) in [5, 5.41) is 9.79. The van der Waals surface area contributed by atoms with Gasteiger partial charge in [0, 0.05) is 6.26 Å². The molecule has 1 aromatic rings. The zero-order valence-corrected chi connectivity index (χ0v) is 11.3. The number of aryl methyl sites for hydroxylation is 1. The maximum absolute atomic E-state index is 13.6. The number of halogens is 1. The lowest BCUT2D eigenvalue weighted by Crippen LogP contribution is -2.39. The minimum absolute atomic E-state index is 0.354. The van der Waals surface area contributed by atoms with E-state index in [1.54, 1.807) is 19.1 Å². The Morgan fingerprint density at radius 1 is 1.44 bits per heavy atom. The van der Waals surface area contributed by atoms with Crippen LogP contribution in [0, 0.1) is 12.7 Å². The Hall–Kier alpha value is -0.940. The molecule has 18 heavy (non-hydrogen) atoms. The van der Waals surface area contributed by atoms with Crippen molar-refractivity contribution < 1.29 is 17.9 Å². The van der Waals surface area contributed by atoms with Crippen molar-refractivity contribution in [1.29, 1.82) is 0 Å². The van der Waals surface area contributed by atoms with Crippen LogP contribution in [0.1, 0.15) is 30.4 Å². The van der Waals surface area contributed by atoms with Gasteiger partial charge in [-0.2, -0.15) is 0 Å². The first-order valence-electron chi connectivity index (χ1n) is 5.93. The summed E-state index contributed by atoms with van der Waals surface area (Å²) in [6, 6.07) is 4.43. The molecule has 2 rings (SSSR count). The molecule has 5 heteroatoms. The summed E-state index contributed by atoms with van der Waals surface area (Å²) in [6.07, 6.45) is 2.53. The van der Waals surface area contributed by atoms with Gasteiger partial charge in [0.15, 0.2) is 9.84 Å². The van der Waals surface area contributed by atoms with Gasteiger partial charge >= 0.3 is 0 Å². The van der Waals surface area contributed by atoms with Crippen molar-refractivity contribution >= 4 is 9.84 Å². The lowest BCUT2D eigenvalue weighted by molar-refractivity contribution is 0.0473. The summed E-state index contributed by atoms with van der Waals surface area (Å²) in [6.45, 7) is 1.63. The Kier molecular flexibility index (Phi) is 3.23. The van der Waals surface area contributed by atoms with Gasteiger partial charge in [-0.1, -0.05) is 12.1 Å². The van der Waals surface area contributed by atoms with Crippen molar-refractivity contribution in [2.45, 2.75) is 37.0 Å². The van der Waals surface area contributed by atoms with Gasteiger partial charge in [-0.25, -0.2) is 12.8 Å². The number of hydrogen-bond acceptors (Lipinski definition) is 3. The molecule has 0 spiro atoms. The Balaban J connectivity index is 2.50. The largest absolute Gasteiger partial charge is 0.384 e. The zero-order valence-electron chi connectivity index (χ0n) is 10.5. The Labute approximate surface area is 107 Å². The number of rotatable bonds is 2. The average Bonchev–Trinajstić information content (AvgIpc) is 2.65. The standard InChI is InChI=1S/C13H17FO3S/c1-9-5-6-10(8-11(9)14)13(15)7-3-4-12(13)18(2,16)17/h5-6,8,12,15H,3-4,7H2,1-2H3. The van der Waals surface area contributed by atoms with Crippen molar-refractivity contribution in [2.75, 3.05) is 6.26 Å². The van der Waals surface area contributed by atoms with Crippen LogP contribution in [0.5, 0.6) is 0 Å². The van der Waals surface area contributed by atoms with Crippen LogP contribution < -0.4 is 0 Å². The van der Waals surface area contributed by atoms with Gasteiger partial charge in [0.25, 0.3) is 0 Å². The van der Waals surface area contributed by atoms with E-state index in [1.807, 2.05) is 0 Å². The second-order valence-electron chi connectivity index (χ2n) is 5.10. The van der Waals surface area contributed by atoms with E-state index >= 15 is 0 Å². The molecule has 0 saturated heterocycles. The first kappa shape index (κ1) is 13.5. The second-order valence-corrected chi connectivity index (χ2v) is 7.33. The minimum Gasteiger partial charge on any atom is -0.384 e. The molecular formula is C13H17FO3S. The highest BCUT2D eigenvalue weighted by atomic mass is 32.2. The molecule has 1 saturated carbocycles. The monoisotopic (exact) mass is 272 g/mol. The summed E-state index contributed by atoms with van der Waals surface area (Å²) in [4.78, 5) is 0. The first-order chi connectivity index (χ1) is 8.25. The van der Waals surface area contributed by atoms with Crippen molar-refractivity contribution in [1.82, 2.24) is 0 Å². The summed E-state index contributed by atoms with van der Waals surface area (Å²) in [5.41, 5.74) is -0.614. The molecule has 0 heterocycles. The molecule has 0 aliphatic heterocycles. The van der Waals surface area contributed by atoms with Crippen LogP contribution in [0.4, 0.5) is 4.39 Å². The quantitative estimate of drug-likeness (QED) is 0.895. The normalized spacial score (nSPS) is 28.6. The summed E-state index contributed by atoms with van der Waals surface area (Å²) in [5.74, 6) is -0.417. The van der Waals surface area contributed by atoms with E-state index in [0.29, 0.717) is 30.4 Å². The van der Waals surface area contributed by atoms with Crippen molar-refractivity contribution in [3.63, 3.8) is 0 Å². The topological polar surface area (TPSA) is 54.4 Å². The third-order valence-corrected chi connectivity index (χ3v) is 5.40. The van der Waals surface area contributed by atoms with E-state index in [2.05, 4.69) is 0 Å². The fourth-order valence-electron chi connectivity index (χ4n) is 2.72. The molecule has 1 aromatic carbocycles. The van der Waals surface area contributed by atoms with Crippen LogP contribution in [0.15, 0.2) is 18.2 Å². The van der Waals surface area contributed by atoms with Gasteiger partial charge in [0.2, 0.25) is 0 Å². The molecule has 0 bridgehead atoms. The number of sulfone groups is 1. The molecular weight excluding hydrogens is 255 g/mol. The van der Waals surface area contributed by atoms with E-state index in [1.165, 1.54) is 6.07 Å². The first-order valence-corrected chi connectivity index (χ1v) is 7.88. The van der Waals surface area contributed by atoms with Gasteiger partial charge in [0.05, 0.1) is 5.25 Å².